The molecule has 0 rings (SSSR count). The van der Waals surface area contributed by atoms with Crippen molar-refractivity contribution in [1.29, 1.82) is 0 Å². The van der Waals surface area contributed by atoms with Gasteiger partial charge >= 0.3 is 0 Å². The molecule has 76 valence electrons. The quantitative estimate of drug-likeness (QED) is 0.454. The van der Waals surface area contributed by atoms with Crippen LogP contribution in [0.4, 0.5) is 0 Å². The van der Waals surface area contributed by atoms with Crippen LogP contribution in [0.2, 0.25) is 25.2 Å². The Morgan fingerprint density at radius 1 is 0.923 bits per heavy atom. The Kier molecular flexibility index (Phi) is 5.31. The number of hydrogen-bond donors (Lipinski definition) is 0. The van der Waals surface area contributed by atoms with Gasteiger partial charge in [-0.2, -0.15) is 0 Å². The zero-order valence-electron chi connectivity index (χ0n) is 10.1. The van der Waals surface area contributed by atoms with E-state index in [0.717, 1.165) is 0 Å². The second kappa shape index (κ2) is 5.43. The maximum Gasteiger partial charge on any atom is 0.0554 e. The number of hydrogen-bond acceptors (Lipinski definition) is 0. The van der Waals surface area contributed by atoms with Crippen LogP contribution in [0.15, 0.2) is 23.3 Å². The molecule has 0 aromatic carbocycles. The average molecular weight is 196 g/mol. The highest BCUT2D eigenvalue weighted by atomic mass is 28.3. The van der Waals surface area contributed by atoms with Crippen LogP contribution in [0.25, 0.3) is 0 Å². The normalized spacial score (nSPS) is 14.9. The van der Waals surface area contributed by atoms with Crippen molar-refractivity contribution in [3.63, 3.8) is 0 Å². The zero-order valence-corrected chi connectivity index (χ0v) is 11.1. The molecule has 0 N–H and O–H groups in total. The van der Waals surface area contributed by atoms with Gasteiger partial charge in [-0.25, -0.2) is 0 Å². The molecule has 0 nitrogen and oxygen atoms in total. The molecule has 1 heteroatoms. The van der Waals surface area contributed by atoms with E-state index in [-0.39, 0.29) is 0 Å². The van der Waals surface area contributed by atoms with Gasteiger partial charge < -0.3 is 0 Å². The summed E-state index contributed by atoms with van der Waals surface area (Å²) in [7, 11) is -1.01. The van der Waals surface area contributed by atoms with Crippen LogP contribution in [0.1, 0.15) is 27.7 Å². The summed E-state index contributed by atoms with van der Waals surface area (Å²) in [6.07, 6.45) is 4.50. The fourth-order valence-electron chi connectivity index (χ4n) is 1.78. The molecule has 0 saturated heterocycles. The van der Waals surface area contributed by atoms with Gasteiger partial charge in [0.2, 0.25) is 0 Å². The van der Waals surface area contributed by atoms with Crippen molar-refractivity contribution < 1.29 is 0 Å². The third-order valence-electron chi connectivity index (χ3n) is 2.50. The molecule has 0 atom stereocenters. The van der Waals surface area contributed by atoms with E-state index in [0.29, 0.717) is 0 Å². The Hall–Kier alpha value is -0.303. The van der Waals surface area contributed by atoms with Crippen LogP contribution in [0.3, 0.4) is 0 Å². The highest BCUT2D eigenvalue weighted by molar-refractivity contribution is 6.78. The van der Waals surface area contributed by atoms with Gasteiger partial charge in [-0.1, -0.05) is 36.4 Å². The third kappa shape index (κ3) is 5.86. The number of rotatable bonds is 4. The molecule has 0 aromatic heterocycles. The molecule has 0 amide bonds. The van der Waals surface area contributed by atoms with E-state index in [1.807, 2.05) is 0 Å². The van der Waals surface area contributed by atoms with Crippen LogP contribution in [0, 0.1) is 0 Å². The Balaban J connectivity index is 4.24. The highest BCUT2D eigenvalue weighted by Crippen LogP contribution is 2.24. The van der Waals surface area contributed by atoms with Gasteiger partial charge in [-0.3, -0.25) is 0 Å². The van der Waals surface area contributed by atoms with E-state index >= 15 is 0 Å². The van der Waals surface area contributed by atoms with Crippen LogP contribution < -0.4 is 0 Å². The van der Waals surface area contributed by atoms with Crippen molar-refractivity contribution in [3.05, 3.63) is 23.3 Å². The summed E-state index contributed by atoms with van der Waals surface area (Å²) in [5.74, 6) is 0. The minimum atomic E-state index is -1.01. The van der Waals surface area contributed by atoms with Gasteiger partial charge in [0, 0.05) is 0 Å². The maximum atomic E-state index is 2.48. The van der Waals surface area contributed by atoms with Gasteiger partial charge in [-0.05, 0) is 39.8 Å². The Labute approximate surface area is 84.8 Å². The molecule has 0 unspecified atom stereocenters. The lowest BCUT2D eigenvalue weighted by Gasteiger charge is -2.23. The second-order valence-corrected chi connectivity index (χ2v) is 9.82. The fourth-order valence-corrected chi connectivity index (χ4v) is 5.33. The van der Waals surface area contributed by atoms with E-state index in [2.05, 4.69) is 52.9 Å². The monoisotopic (exact) mass is 196 g/mol. The second-order valence-electron chi connectivity index (χ2n) is 4.79. The van der Waals surface area contributed by atoms with E-state index in [9.17, 15) is 0 Å². The lowest BCUT2D eigenvalue weighted by molar-refractivity contribution is 1.22. The van der Waals surface area contributed by atoms with Crippen LogP contribution in [-0.2, 0) is 0 Å². The first kappa shape index (κ1) is 12.7. The molecule has 0 aromatic rings. The Morgan fingerprint density at radius 3 is 1.46 bits per heavy atom. The third-order valence-corrected chi connectivity index (χ3v) is 5.53. The summed E-state index contributed by atoms with van der Waals surface area (Å²) in [6.45, 7) is 13.7. The summed E-state index contributed by atoms with van der Waals surface area (Å²) in [5.41, 5.74) is 3.11. The van der Waals surface area contributed by atoms with E-state index in [1.54, 1.807) is 11.1 Å². The van der Waals surface area contributed by atoms with Crippen LogP contribution >= 0.6 is 0 Å². The minimum Gasteiger partial charge on any atom is -0.0890 e. The predicted octanol–water partition coefficient (Wildman–Crippen LogP) is 4.63. The molecule has 13 heavy (non-hydrogen) atoms. The lowest BCUT2D eigenvalue weighted by Crippen LogP contribution is -2.25. The molecule has 0 heterocycles. The Morgan fingerprint density at radius 2 is 1.23 bits per heavy atom. The zero-order chi connectivity index (χ0) is 10.5. The lowest BCUT2D eigenvalue weighted by atomic mass is 10.3. The van der Waals surface area contributed by atoms with Gasteiger partial charge in [0.15, 0.2) is 0 Å². The summed E-state index contributed by atoms with van der Waals surface area (Å²) in [6, 6.07) is 2.68. The molecule has 0 aliphatic rings. The Bertz CT molecular complexity index is 187. The summed E-state index contributed by atoms with van der Waals surface area (Å²) >= 11 is 0. The van der Waals surface area contributed by atoms with Crippen molar-refractivity contribution in [2.24, 2.45) is 0 Å². The van der Waals surface area contributed by atoms with Crippen LogP contribution in [-0.4, -0.2) is 8.07 Å². The predicted molar refractivity (Wildman–Crippen MR) is 66.0 cm³/mol. The van der Waals surface area contributed by atoms with E-state index in [4.69, 9.17) is 0 Å². The summed E-state index contributed by atoms with van der Waals surface area (Å²) in [4.78, 5) is 0. The van der Waals surface area contributed by atoms with Crippen molar-refractivity contribution in [3.8, 4) is 0 Å². The molecule has 0 spiro atoms. The largest absolute Gasteiger partial charge is 0.0890 e. The minimum absolute atomic E-state index is 1.01. The molecule has 0 fully saturated rings. The average Bonchev–Trinajstić information content (AvgIpc) is 2.02. The van der Waals surface area contributed by atoms with Gasteiger partial charge in [0.1, 0.15) is 0 Å². The van der Waals surface area contributed by atoms with Gasteiger partial charge in [-0.15, -0.1) is 0 Å². The van der Waals surface area contributed by atoms with Crippen molar-refractivity contribution in [2.75, 3.05) is 0 Å². The topological polar surface area (TPSA) is 0 Å². The van der Waals surface area contributed by atoms with Crippen molar-refractivity contribution in [1.82, 2.24) is 0 Å². The first-order chi connectivity index (χ1) is 5.91. The fraction of sp³-hybridized carbons (Fsp3) is 0.667. The molecular weight excluding hydrogens is 172 g/mol. The summed E-state index contributed by atoms with van der Waals surface area (Å²) < 4.78 is 0. The molecule has 0 aliphatic carbocycles. The summed E-state index contributed by atoms with van der Waals surface area (Å²) in [5, 5.41) is 0. The first-order valence-electron chi connectivity index (χ1n) is 5.15. The van der Waals surface area contributed by atoms with Crippen LogP contribution in [0.5, 0.6) is 0 Å². The SMILES string of the molecule is CC=C(C)C[Si](C)(C)CC(C)=CC. The van der Waals surface area contributed by atoms with Gasteiger partial charge in [0.05, 0.1) is 8.07 Å². The van der Waals surface area contributed by atoms with Crippen molar-refractivity contribution in [2.45, 2.75) is 52.9 Å². The van der Waals surface area contributed by atoms with E-state index < -0.39 is 8.07 Å². The number of allylic oxidation sites excluding steroid dienone is 4. The molecule has 0 radical (unpaired) electrons. The molecule has 0 bridgehead atoms. The molecule has 0 saturated carbocycles. The molecular formula is C12H24Si. The van der Waals surface area contributed by atoms with Gasteiger partial charge in [0.25, 0.3) is 0 Å². The molecule has 0 aliphatic heterocycles. The maximum absolute atomic E-state index is 2.48. The standard InChI is InChI=1S/C12H24Si/c1-7-11(3)9-13(5,6)10-12(4)8-2/h7-8H,9-10H2,1-6H3. The van der Waals surface area contributed by atoms with E-state index in [1.165, 1.54) is 12.1 Å². The smallest absolute Gasteiger partial charge is 0.0554 e. The first-order valence-corrected chi connectivity index (χ1v) is 8.56. The van der Waals surface area contributed by atoms with Crippen molar-refractivity contribution >= 4 is 8.07 Å². The highest BCUT2D eigenvalue weighted by Gasteiger charge is 2.20.